The highest BCUT2D eigenvalue weighted by Crippen LogP contribution is 2.31. The molecule has 1 aromatic carbocycles. The number of para-hydroxylation sites is 1. The van der Waals surface area contributed by atoms with Gasteiger partial charge in [0.05, 0.1) is 11.3 Å². The molecular weight excluding hydrogens is 360 g/mol. The summed E-state index contributed by atoms with van der Waals surface area (Å²) in [6, 6.07) is 9.58. The molecule has 2 heterocycles. The number of hydrogen-bond donors (Lipinski definition) is 1. The van der Waals surface area contributed by atoms with E-state index in [1.165, 1.54) is 38.6 Å². The van der Waals surface area contributed by atoms with E-state index in [4.69, 9.17) is 4.98 Å². The first kappa shape index (κ1) is 20.0. The van der Waals surface area contributed by atoms with Crippen molar-refractivity contribution in [3.63, 3.8) is 0 Å². The summed E-state index contributed by atoms with van der Waals surface area (Å²) in [6.45, 7) is 5.35. The van der Waals surface area contributed by atoms with E-state index in [1.54, 1.807) is 6.20 Å². The number of nitrogens with one attached hydrogen (secondary N) is 1. The molecule has 4 rings (SSSR count). The molecule has 2 fully saturated rings. The van der Waals surface area contributed by atoms with Crippen LogP contribution in [-0.2, 0) is 0 Å². The molecule has 0 bridgehead atoms. The molecule has 154 valence electrons. The minimum Gasteiger partial charge on any atom is -0.322 e. The van der Waals surface area contributed by atoms with Crippen LogP contribution in [0.2, 0.25) is 0 Å². The lowest BCUT2D eigenvalue weighted by Crippen LogP contribution is -2.37. The van der Waals surface area contributed by atoms with Gasteiger partial charge in [-0.1, -0.05) is 37.5 Å². The Labute approximate surface area is 173 Å². The van der Waals surface area contributed by atoms with E-state index >= 15 is 0 Å². The third-order valence-corrected chi connectivity index (χ3v) is 6.43. The molecule has 0 atom stereocenters. The maximum Gasteiger partial charge on any atom is 0.259 e. The number of hydrogen-bond acceptors (Lipinski definition) is 4. The molecule has 1 saturated carbocycles. The number of piperidine rings is 1. The van der Waals surface area contributed by atoms with E-state index in [1.807, 2.05) is 37.3 Å². The summed E-state index contributed by atoms with van der Waals surface area (Å²) in [4.78, 5) is 24.6. The van der Waals surface area contributed by atoms with Crippen molar-refractivity contribution in [2.24, 2.45) is 5.92 Å². The van der Waals surface area contributed by atoms with Crippen LogP contribution >= 0.6 is 0 Å². The molecule has 1 N–H and O–H groups in total. The normalized spacial score (nSPS) is 19.2. The van der Waals surface area contributed by atoms with E-state index in [0.717, 1.165) is 49.1 Å². The number of rotatable bonds is 5. The van der Waals surface area contributed by atoms with Gasteiger partial charge in [0, 0.05) is 24.3 Å². The average molecular weight is 393 g/mol. The van der Waals surface area contributed by atoms with E-state index in [-0.39, 0.29) is 5.91 Å². The van der Waals surface area contributed by atoms with Crippen LogP contribution in [0.25, 0.3) is 0 Å². The Hall–Kier alpha value is -2.27. The van der Waals surface area contributed by atoms with Gasteiger partial charge in [-0.3, -0.25) is 4.79 Å². The van der Waals surface area contributed by atoms with Gasteiger partial charge in [0.15, 0.2) is 0 Å². The first-order chi connectivity index (χ1) is 14.2. The topological polar surface area (TPSA) is 58.1 Å². The van der Waals surface area contributed by atoms with Crippen molar-refractivity contribution in [3.05, 3.63) is 53.6 Å². The zero-order valence-corrected chi connectivity index (χ0v) is 17.4. The van der Waals surface area contributed by atoms with Crippen molar-refractivity contribution in [3.8, 4) is 0 Å². The number of benzene rings is 1. The van der Waals surface area contributed by atoms with E-state index in [9.17, 15) is 4.79 Å². The molecule has 5 nitrogen and oxygen atoms in total. The predicted octanol–water partition coefficient (Wildman–Crippen LogP) is 4.80. The van der Waals surface area contributed by atoms with E-state index in [2.05, 4.69) is 15.2 Å². The maximum atomic E-state index is 12.9. The number of carbonyl (C=O) groups is 1. The van der Waals surface area contributed by atoms with Crippen LogP contribution in [0.15, 0.2) is 36.5 Å². The molecule has 29 heavy (non-hydrogen) atoms. The molecule has 0 radical (unpaired) electrons. The van der Waals surface area contributed by atoms with Crippen LogP contribution in [-0.4, -0.2) is 40.4 Å². The van der Waals surface area contributed by atoms with Gasteiger partial charge in [-0.05, 0) is 63.7 Å². The quantitative estimate of drug-likeness (QED) is 0.794. The van der Waals surface area contributed by atoms with E-state index < -0.39 is 0 Å². The Bertz CT molecular complexity index is 809. The monoisotopic (exact) mass is 392 g/mol. The Kier molecular flexibility index (Phi) is 6.55. The van der Waals surface area contributed by atoms with Gasteiger partial charge in [-0.2, -0.15) is 0 Å². The second-order valence-corrected chi connectivity index (χ2v) is 8.62. The molecule has 5 heteroatoms. The molecule has 1 aliphatic heterocycles. The van der Waals surface area contributed by atoms with Crippen molar-refractivity contribution in [1.29, 1.82) is 0 Å². The first-order valence-corrected chi connectivity index (χ1v) is 11.1. The largest absolute Gasteiger partial charge is 0.322 e. The number of nitrogens with zero attached hydrogens (tertiary/aromatic N) is 3. The highest BCUT2D eigenvalue weighted by atomic mass is 16.1. The lowest BCUT2D eigenvalue weighted by molar-refractivity contribution is 0.102. The van der Waals surface area contributed by atoms with Gasteiger partial charge < -0.3 is 10.2 Å². The lowest BCUT2D eigenvalue weighted by atomic mass is 9.87. The van der Waals surface area contributed by atoms with Crippen molar-refractivity contribution in [2.75, 3.05) is 25.0 Å². The lowest BCUT2D eigenvalue weighted by Gasteiger charge is -2.35. The summed E-state index contributed by atoms with van der Waals surface area (Å²) in [7, 11) is 0. The average Bonchev–Trinajstić information content (AvgIpc) is 2.75. The maximum absolute atomic E-state index is 12.9. The molecule has 1 aliphatic carbocycles. The third kappa shape index (κ3) is 5.21. The summed E-state index contributed by atoms with van der Waals surface area (Å²) in [5, 5.41) is 2.99. The fourth-order valence-corrected chi connectivity index (χ4v) is 4.82. The summed E-state index contributed by atoms with van der Waals surface area (Å²) in [6.07, 6.45) is 10.8. The van der Waals surface area contributed by atoms with Crippen LogP contribution in [0, 0.1) is 12.8 Å². The van der Waals surface area contributed by atoms with Crippen LogP contribution in [0.4, 0.5) is 5.69 Å². The van der Waals surface area contributed by atoms with Crippen molar-refractivity contribution < 1.29 is 4.79 Å². The van der Waals surface area contributed by atoms with Crippen LogP contribution in [0.3, 0.4) is 0 Å². The zero-order chi connectivity index (χ0) is 20.1. The molecule has 1 aromatic heterocycles. The van der Waals surface area contributed by atoms with Crippen LogP contribution in [0.1, 0.15) is 72.7 Å². The summed E-state index contributed by atoms with van der Waals surface area (Å²) in [5.41, 5.74) is 2.33. The third-order valence-electron chi connectivity index (χ3n) is 6.43. The second-order valence-electron chi connectivity index (χ2n) is 8.62. The summed E-state index contributed by atoms with van der Waals surface area (Å²) < 4.78 is 0. The van der Waals surface area contributed by atoms with Crippen molar-refractivity contribution in [1.82, 2.24) is 14.9 Å². The van der Waals surface area contributed by atoms with Gasteiger partial charge in [-0.15, -0.1) is 0 Å². The molecular formula is C24H32N4O. The Morgan fingerprint density at radius 2 is 1.79 bits per heavy atom. The highest BCUT2D eigenvalue weighted by molar-refractivity contribution is 6.04. The number of anilines is 1. The zero-order valence-electron chi connectivity index (χ0n) is 17.4. The van der Waals surface area contributed by atoms with Gasteiger partial charge in [0.2, 0.25) is 0 Å². The SMILES string of the molecule is Cc1ncc(C(=O)Nc2ccccc2)c(C2CCN(CC3CCCCC3)CC2)n1. The Balaban J connectivity index is 1.41. The number of aromatic nitrogens is 2. The number of likely N-dealkylation sites (tertiary alicyclic amines) is 1. The predicted molar refractivity (Wildman–Crippen MR) is 116 cm³/mol. The van der Waals surface area contributed by atoms with Gasteiger partial charge >= 0.3 is 0 Å². The standard InChI is InChI=1S/C24H32N4O/c1-18-25-16-22(24(29)27-21-10-6-3-7-11-21)23(26-18)20-12-14-28(15-13-20)17-19-8-4-2-5-9-19/h3,6-7,10-11,16,19-20H,2,4-5,8-9,12-15,17H2,1H3,(H,27,29). The smallest absolute Gasteiger partial charge is 0.259 e. The minimum atomic E-state index is -0.115. The highest BCUT2D eigenvalue weighted by Gasteiger charge is 2.27. The van der Waals surface area contributed by atoms with Gasteiger partial charge in [0.1, 0.15) is 5.82 Å². The molecule has 2 aliphatic rings. The number of carbonyl (C=O) groups excluding carboxylic acids is 1. The molecule has 2 aromatic rings. The van der Waals surface area contributed by atoms with Crippen molar-refractivity contribution >= 4 is 11.6 Å². The molecule has 0 unspecified atom stereocenters. The number of aryl methyl sites for hydroxylation is 1. The molecule has 1 saturated heterocycles. The number of amides is 1. The van der Waals surface area contributed by atoms with Crippen molar-refractivity contribution in [2.45, 2.75) is 57.8 Å². The fraction of sp³-hybridized carbons (Fsp3) is 0.542. The summed E-state index contributed by atoms with van der Waals surface area (Å²) in [5.74, 6) is 1.83. The van der Waals surface area contributed by atoms with Gasteiger partial charge in [0.25, 0.3) is 5.91 Å². The molecule has 1 amide bonds. The fourth-order valence-electron chi connectivity index (χ4n) is 4.82. The summed E-state index contributed by atoms with van der Waals surface area (Å²) >= 11 is 0. The first-order valence-electron chi connectivity index (χ1n) is 11.1. The minimum absolute atomic E-state index is 0.115. The Morgan fingerprint density at radius 1 is 1.07 bits per heavy atom. The molecule has 0 spiro atoms. The Morgan fingerprint density at radius 3 is 2.52 bits per heavy atom. The van der Waals surface area contributed by atoms with Gasteiger partial charge in [-0.25, -0.2) is 9.97 Å². The van der Waals surface area contributed by atoms with E-state index in [0.29, 0.717) is 11.5 Å². The van der Waals surface area contributed by atoms with Crippen LogP contribution < -0.4 is 5.32 Å². The van der Waals surface area contributed by atoms with Crippen LogP contribution in [0.5, 0.6) is 0 Å². The second kappa shape index (κ2) is 9.49.